The van der Waals surface area contributed by atoms with Gasteiger partial charge in [0.25, 0.3) is 0 Å². The highest BCUT2D eigenvalue weighted by atomic mass is 16.5. The van der Waals surface area contributed by atoms with Crippen molar-refractivity contribution in [1.29, 1.82) is 0 Å². The van der Waals surface area contributed by atoms with Crippen LogP contribution in [0.3, 0.4) is 0 Å². The summed E-state index contributed by atoms with van der Waals surface area (Å²) in [4.78, 5) is 4.64. The van der Waals surface area contributed by atoms with Crippen LogP contribution < -0.4 is 19.3 Å². The van der Waals surface area contributed by atoms with E-state index >= 15 is 0 Å². The van der Waals surface area contributed by atoms with Gasteiger partial charge >= 0.3 is 0 Å². The van der Waals surface area contributed by atoms with E-state index in [9.17, 15) is 0 Å². The molecule has 2 heterocycles. The molecule has 4 nitrogen and oxygen atoms in total. The van der Waals surface area contributed by atoms with Gasteiger partial charge in [-0.2, -0.15) is 0 Å². The molecule has 0 unspecified atom stereocenters. The Morgan fingerprint density at radius 3 is 0.724 bits per heavy atom. The van der Waals surface area contributed by atoms with Gasteiger partial charge in [0.1, 0.15) is 23.0 Å². The summed E-state index contributed by atoms with van der Waals surface area (Å²) in [6, 6.07) is 104. The van der Waals surface area contributed by atoms with Crippen molar-refractivity contribution < 1.29 is 9.47 Å². The summed E-state index contributed by atoms with van der Waals surface area (Å²) in [5.74, 6) is 3.45. The fourth-order valence-corrected chi connectivity index (χ4v) is 11.0. The van der Waals surface area contributed by atoms with Gasteiger partial charge in [0.05, 0.1) is 0 Å². The van der Waals surface area contributed by atoms with E-state index in [2.05, 4.69) is 265 Å². The second-order valence-corrected chi connectivity index (χ2v) is 19.2. The molecular weight excluding hydrogens is 925 g/mol. The second kappa shape index (κ2) is 19.0. The monoisotopic (exact) mass is 972 g/mol. The summed E-state index contributed by atoms with van der Waals surface area (Å²) in [5, 5.41) is 0. The van der Waals surface area contributed by atoms with Gasteiger partial charge in [-0.15, -0.1) is 0 Å². The molecule has 0 saturated carbocycles. The maximum atomic E-state index is 6.50. The fourth-order valence-electron chi connectivity index (χ4n) is 11.0. The van der Waals surface area contributed by atoms with Crippen LogP contribution in [0.2, 0.25) is 0 Å². The number of hydrogen-bond donors (Lipinski definition) is 0. The smallest absolute Gasteiger partial charge is 0.135 e. The van der Waals surface area contributed by atoms with Gasteiger partial charge in [-0.25, -0.2) is 0 Å². The molecule has 14 rings (SSSR count). The van der Waals surface area contributed by atoms with Crippen LogP contribution in [-0.2, 0) is 0 Å². The number of rotatable bonds is 9. The number of para-hydroxylation sites is 6. The highest BCUT2D eigenvalue weighted by molar-refractivity contribution is 5.95. The third-order valence-electron chi connectivity index (χ3n) is 14.7. The number of anilines is 6. The fraction of sp³-hybridized carbons (Fsp3) is 0. The number of fused-ring (bicyclic) bond motifs is 10. The summed E-state index contributed by atoms with van der Waals surface area (Å²) in [6.07, 6.45) is 0. The minimum atomic E-state index is 0.858. The molecule has 0 spiro atoms. The molecule has 2 aliphatic heterocycles. The molecule has 0 aliphatic carbocycles. The molecule has 0 atom stereocenters. The minimum absolute atomic E-state index is 0.858. The second-order valence-electron chi connectivity index (χ2n) is 19.2. The lowest BCUT2D eigenvalue weighted by Gasteiger charge is -2.26. The van der Waals surface area contributed by atoms with Crippen LogP contribution in [0, 0.1) is 0 Å². The van der Waals surface area contributed by atoms with Crippen LogP contribution in [0.25, 0.3) is 77.9 Å². The van der Waals surface area contributed by atoms with Crippen LogP contribution in [0.1, 0.15) is 0 Å². The van der Waals surface area contributed by atoms with Crippen molar-refractivity contribution >= 4 is 34.1 Å². The van der Waals surface area contributed by atoms with E-state index < -0.39 is 0 Å². The Morgan fingerprint density at radius 1 is 0.171 bits per heavy atom. The van der Waals surface area contributed by atoms with Gasteiger partial charge in [0, 0.05) is 56.4 Å². The Bertz CT molecular complexity index is 3850. The molecule has 358 valence electrons. The Morgan fingerprint density at radius 2 is 0.408 bits per heavy atom. The highest BCUT2D eigenvalue weighted by Crippen LogP contribution is 2.50. The van der Waals surface area contributed by atoms with Crippen LogP contribution in [0.4, 0.5) is 34.1 Å². The minimum Gasteiger partial charge on any atom is -0.456 e. The summed E-state index contributed by atoms with van der Waals surface area (Å²) in [5.41, 5.74) is 22.3. The number of ether oxygens (including phenoxy) is 2. The maximum Gasteiger partial charge on any atom is 0.135 e. The SMILES string of the molecule is c1ccc(N(c2ccccc2)c2ccc(-c3ccc(N(c4ccc(-c5ccc6c(c5)-c5ccccc5Oc5ccccc5-6)cc4)c4ccc(-c5ccc6c(c5)-c5ccccc5Oc5ccccc5-6)cc4)cc3)cc2)cc1. The van der Waals surface area contributed by atoms with Gasteiger partial charge in [-0.3, -0.25) is 0 Å². The third-order valence-corrected chi connectivity index (χ3v) is 14.7. The quantitative estimate of drug-likeness (QED) is 0.144. The zero-order valence-electron chi connectivity index (χ0n) is 41.4. The molecule has 0 N–H and O–H groups in total. The Kier molecular flexibility index (Phi) is 11.2. The molecule has 12 aromatic carbocycles. The molecule has 0 radical (unpaired) electrons. The average Bonchev–Trinajstić information content (AvgIpc) is 3.76. The van der Waals surface area contributed by atoms with Crippen molar-refractivity contribution in [2.24, 2.45) is 0 Å². The van der Waals surface area contributed by atoms with E-state index in [1.807, 2.05) is 36.4 Å². The van der Waals surface area contributed by atoms with Crippen molar-refractivity contribution in [2.75, 3.05) is 9.80 Å². The first kappa shape index (κ1) is 44.5. The van der Waals surface area contributed by atoms with E-state index in [4.69, 9.17) is 9.47 Å². The Labute approximate surface area is 443 Å². The van der Waals surface area contributed by atoms with Crippen molar-refractivity contribution in [3.8, 4) is 101 Å². The lowest BCUT2D eigenvalue weighted by Crippen LogP contribution is -2.10. The van der Waals surface area contributed by atoms with Crippen molar-refractivity contribution in [1.82, 2.24) is 0 Å². The lowest BCUT2D eigenvalue weighted by atomic mass is 9.91. The predicted octanol–water partition coefficient (Wildman–Crippen LogP) is 20.5. The van der Waals surface area contributed by atoms with E-state index in [0.29, 0.717) is 0 Å². The van der Waals surface area contributed by atoms with E-state index in [0.717, 1.165) is 135 Å². The van der Waals surface area contributed by atoms with Crippen molar-refractivity contribution in [3.05, 3.63) is 291 Å². The number of hydrogen-bond acceptors (Lipinski definition) is 4. The molecule has 12 aromatic rings. The Hall–Kier alpha value is -10.2. The maximum absolute atomic E-state index is 6.50. The van der Waals surface area contributed by atoms with Crippen molar-refractivity contribution in [2.45, 2.75) is 0 Å². The van der Waals surface area contributed by atoms with E-state index in [1.54, 1.807) is 0 Å². The standard InChI is InChI=1S/C72H48N2O2/c1-3-15-55(16-4-1)73(56-17-5-2-6-18-56)57-37-27-49(28-38-57)50-29-39-58(40-30-50)74(59-41-31-51(32-42-59)53-35-45-61-63-19-7-11-23-69(63)75-71-25-13-9-21-65(71)67(61)47-53)60-43-33-52(34-44-60)54-36-46-62-64-20-8-12-24-70(64)76-72-26-14-10-22-66(72)68(62)48-54/h1-48H. The number of benzene rings is 12. The van der Waals surface area contributed by atoms with Crippen LogP contribution in [0.5, 0.6) is 23.0 Å². The summed E-state index contributed by atoms with van der Waals surface area (Å²) in [6.45, 7) is 0. The summed E-state index contributed by atoms with van der Waals surface area (Å²) in [7, 11) is 0. The first-order valence-corrected chi connectivity index (χ1v) is 25.8. The van der Waals surface area contributed by atoms with E-state index in [-0.39, 0.29) is 0 Å². The zero-order chi connectivity index (χ0) is 50.4. The topological polar surface area (TPSA) is 24.9 Å². The van der Waals surface area contributed by atoms with Gasteiger partial charge < -0.3 is 19.3 Å². The summed E-state index contributed by atoms with van der Waals surface area (Å²) >= 11 is 0. The van der Waals surface area contributed by atoms with Crippen molar-refractivity contribution in [3.63, 3.8) is 0 Å². The molecule has 0 bridgehead atoms. The van der Waals surface area contributed by atoms with E-state index in [1.165, 1.54) is 0 Å². The number of nitrogens with zero attached hydrogens (tertiary/aromatic N) is 2. The zero-order valence-corrected chi connectivity index (χ0v) is 41.4. The molecule has 0 saturated heterocycles. The van der Waals surface area contributed by atoms with Gasteiger partial charge in [0.2, 0.25) is 0 Å². The largest absolute Gasteiger partial charge is 0.456 e. The van der Waals surface area contributed by atoms with Crippen LogP contribution in [0.15, 0.2) is 291 Å². The average molecular weight is 973 g/mol. The van der Waals surface area contributed by atoms with Crippen LogP contribution in [-0.4, -0.2) is 0 Å². The third kappa shape index (κ3) is 8.15. The van der Waals surface area contributed by atoms with Gasteiger partial charge in [-0.1, -0.05) is 182 Å². The Balaban J connectivity index is 0.820. The highest BCUT2D eigenvalue weighted by Gasteiger charge is 2.24. The molecule has 4 heteroatoms. The first-order chi connectivity index (χ1) is 37.7. The van der Waals surface area contributed by atoms with Gasteiger partial charge in [0.15, 0.2) is 0 Å². The normalized spacial score (nSPS) is 11.6. The molecule has 2 aliphatic rings. The van der Waals surface area contributed by atoms with Gasteiger partial charge in [-0.05, 0) is 165 Å². The first-order valence-electron chi connectivity index (χ1n) is 25.8. The van der Waals surface area contributed by atoms with Crippen LogP contribution >= 0.6 is 0 Å². The summed E-state index contributed by atoms with van der Waals surface area (Å²) < 4.78 is 13.0. The predicted molar refractivity (Wildman–Crippen MR) is 314 cm³/mol. The molecular formula is C72H48N2O2. The molecule has 0 amide bonds. The molecule has 0 aromatic heterocycles. The molecule has 76 heavy (non-hydrogen) atoms. The lowest BCUT2D eigenvalue weighted by molar-refractivity contribution is 0.487. The molecule has 0 fully saturated rings.